The van der Waals surface area contributed by atoms with Crippen molar-refractivity contribution in [2.24, 2.45) is 0 Å². The zero-order chi connectivity index (χ0) is 28.1. The van der Waals surface area contributed by atoms with E-state index < -0.39 is 6.10 Å². The maximum atomic E-state index is 13.3. The van der Waals surface area contributed by atoms with Crippen LogP contribution in [-0.4, -0.2) is 91.1 Å². The summed E-state index contributed by atoms with van der Waals surface area (Å²) in [4.78, 5) is 51.1. The molecule has 1 saturated heterocycles. The number of benzene rings is 1. The Bertz CT molecular complexity index is 1540. The topological polar surface area (TPSA) is 136 Å². The van der Waals surface area contributed by atoms with E-state index in [0.29, 0.717) is 45.8 Å². The first-order chi connectivity index (χ1) is 19.2. The number of imide groups is 1. The van der Waals surface area contributed by atoms with Crippen LogP contribution < -0.4 is 5.32 Å². The van der Waals surface area contributed by atoms with Crippen molar-refractivity contribution in [3.05, 3.63) is 64.4 Å². The molecule has 3 aliphatic rings. The molecular weight excluding hydrogens is 510 g/mol. The molecule has 2 aliphatic heterocycles. The first kappa shape index (κ1) is 26.1. The van der Waals surface area contributed by atoms with Gasteiger partial charge < -0.3 is 20.3 Å². The number of fused-ring (bicyclic) bond motifs is 2. The van der Waals surface area contributed by atoms with Crippen molar-refractivity contribution in [2.45, 2.75) is 51.8 Å². The normalized spacial score (nSPS) is 19.3. The molecule has 6 rings (SSSR count). The fourth-order valence-electron chi connectivity index (χ4n) is 5.84. The lowest BCUT2D eigenvalue weighted by atomic mass is 10.00. The number of aliphatic hydroxyl groups is 1. The van der Waals surface area contributed by atoms with Crippen LogP contribution in [-0.2, 0) is 11.3 Å². The molecule has 40 heavy (non-hydrogen) atoms. The monoisotopic (exact) mass is 543 g/mol. The minimum atomic E-state index is -0.736. The predicted octanol–water partition coefficient (Wildman–Crippen LogP) is 1.96. The van der Waals surface area contributed by atoms with E-state index in [1.165, 1.54) is 4.90 Å². The first-order valence-corrected chi connectivity index (χ1v) is 13.7. The summed E-state index contributed by atoms with van der Waals surface area (Å²) in [7, 11) is 2.04. The number of likely N-dealkylation sites (tertiary alicyclic amines) is 1. The number of aromatic nitrogens is 4. The Morgan fingerprint density at radius 1 is 1.10 bits per heavy atom. The van der Waals surface area contributed by atoms with Crippen molar-refractivity contribution in [3.63, 3.8) is 0 Å². The van der Waals surface area contributed by atoms with E-state index in [9.17, 15) is 19.5 Å². The van der Waals surface area contributed by atoms with E-state index >= 15 is 0 Å². The highest BCUT2D eigenvalue weighted by Crippen LogP contribution is 2.32. The van der Waals surface area contributed by atoms with Gasteiger partial charge in [-0.3, -0.25) is 24.0 Å². The number of imidazole rings is 1. The summed E-state index contributed by atoms with van der Waals surface area (Å²) >= 11 is 0. The number of H-pyrrole nitrogens is 1. The number of aliphatic hydroxyl groups excluding tert-OH is 1. The van der Waals surface area contributed by atoms with Crippen LogP contribution in [0.2, 0.25) is 0 Å². The molecule has 1 aromatic carbocycles. The third kappa shape index (κ3) is 4.65. The molecule has 1 atom stereocenters. The number of nitrogens with one attached hydrogen (secondary N) is 2. The number of hydrogen-bond acceptors (Lipinski definition) is 8. The van der Waals surface area contributed by atoms with Crippen LogP contribution in [0, 0.1) is 13.8 Å². The molecule has 11 nitrogen and oxygen atoms in total. The molecule has 2 amide bonds. The van der Waals surface area contributed by atoms with E-state index in [1.54, 1.807) is 22.9 Å². The summed E-state index contributed by atoms with van der Waals surface area (Å²) in [5.74, 6) is -0.320. The standard InChI is InChI=1S/C29H33N7O4/c1-16-11-17(2)35(33-16)15-19(37)14-30-22-5-4-6-25(38)26(22)27-31-23-12-20-21(13-24(23)32-27)29(40)36(28(20)39)18-7-9-34(3)10-8-18/h4-5,11-13,18-19,30,37H,6-10,14-15H2,1-3H3,(H,31,32)/t19-/m1/s1. The second-order valence-electron chi connectivity index (χ2n) is 11.0. The molecular formula is C29H33N7O4. The van der Waals surface area contributed by atoms with Crippen molar-refractivity contribution in [1.82, 2.24) is 34.9 Å². The summed E-state index contributed by atoms with van der Waals surface area (Å²) in [6.07, 6.45) is 4.60. The SMILES string of the molecule is Cc1cc(C)n(C[C@H](O)CNC2=C(c3nc4cc5c(cc4[nH]3)C(=O)N(C3CCN(C)CC3)C5=O)C(=O)CC=C2)n1. The van der Waals surface area contributed by atoms with Gasteiger partial charge in [-0.1, -0.05) is 6.08 Å². The average Bonchev–Trinajstić information content (AvgIpc) is 3.55. The predicted molar refractivity (Wildman–Crippen MR) is 149 cm³/mol. The molecule has 3 N–H and O–H groups in total. The van der Waals surface area contributed by atoms with Gasteiger partial charge in [0.25, 0.3) is 11.8 Å². The molecule has 1 aliphatic carbocycles. The number of carbonyl (C=O) groups is 3. The number of amides is 2. The quantitative estimate of drug-likeness (QED) is 0.385. The molecule has 4 heterocycles. The van der Waals surface area contributed by atoms with Gasteiger partial charge >= 0.3 is 0 Å². The number of aromatic amines is 1. The largest absolute Gasteiger partial charge is 0.389 e. The zero-order valence-electron chi connectivity index (χ0n) is 22.9. The Kier molecular flexibility index (Phi) is 6.63. The summed E-state index contributed by atoms with van der Waals surface area (Å²) in [6, 6.07) is 5.17. The van der Waals surface area contributed by atoms with Crippen molar-refractivity contribution >= 4 is 34.2 Å². The van der Waals surface area contributed by atoms with Crippen LogP contribution in [0.4, 0.5) is 0 Å². The smallest absolute Gasteiger partial charge is 0.261 e. The zero-order valence-corrected chi connectivity index (χ0v) is 22.9. The van der Waals surface area contributed by atoms with E-state index in [2.05, 4.69) is 25.3 Å². The molecule has 0 spiro atoms. The minimum absolute atomic E-state index is 0.104. The number of allylic oxidation sites excluding steroid dienone is 3. The summed E-state index contributed by atoms with van der Waals surface area (Å²) in [5.41, 5.74) is 4.59. The fourth-order valence-corrected chi connectivity index (χ4v) is 5.84. The first-order valence-electron chi connectivity index (χ1n) is 13.7. The van der Waals surface area contributed by atoms with Gasteiger partial charge in [0.05, 0.1) is 46.1 Å². The summed E-state index contributed by atoms with van der Waals surface area (Å²) < 4.78 is 1.76. The number of nitrogens with zero attached hydrogens (tertiary/aromatic N) is 5. The molecule has 0 saturated carbocycles. The molecule has 3 aromatic rings. The van der Waals surface area contributed by atoms with Gasteiger partial charge in [0, 0.05) is 30.4 Å². The highest BCUT2D eigenvalue weighted by Gasteiger charge is 2.41. The van der Waals surface area contributed by atoms with Crippen LogP contribution in [0.15, 0.2) is 36.0 Å². The van der Waals surface area contributed by atoms with E-state index in [-0.39, 0.29) is 36.6 Å². The number of rotatable bonds is 7. The van der Waals surface area contributed by atoms with Crippen LogP contribution in [0.25, 0.3) is 16.6 Å². The van der Waals surface area contributed by atoms with Gasteiger partial charge in [-0.05, 0) is 71.1 Å². The highest BCUT2D eigenvalue weighted by atomic mass is 16.3. The number of hydrogen-bond donors (Lipinski definition) is 3. The molecule has 11 heteroatoms. The van der Waals surface area contributed by atoms with Crippen molar-refractivity contribution in [1.29, 1.82) is 0 Å². The molecule has 208 valence electrons. The molecule has 0 unspecified atom stereocenters. The van der Waals surface area contributed by atoms with E-state index in [1.807, 2.05) is 33.0 Å². The van der Waals surface area contributed by atoms with Crippen LogP contribution in [0.3, 0.4) is 0 Å². The third-order valence-corrected chi connectivity index (χ3v) is 7.96. The van der Waals surface area contributed by atoms with Crippen molar-refractivity contribution in [2.75, 3.05) is 26.7 Å². The van der Waals surface area contributed by atoms with Crippen LogP contribution in [0.1, 0.15) is 57.2 Å². The van der Waals surface area contributed by atoms with Crippen LogP contribution in [0.5, 0.6) is 0 Å². The van der Waals surface area contributed by atoms with Crippen LogP contribution >= 0.6 is 0 Å². The average molecular weight is 544 g/mol. The van der Waals surface area contributed by atoms with Crippen molar-refractivity contribution < 1.29 is 19.5 Å². The number of piperidine rings is 1. The van der Waals surface area contributed by atoms with Crippen molar-refractivity contribution in [3.8, 4) is 0 Å². The number of Topliss-reactive ketones (excluding diaryl/α,β-unsaturated/α-hetero) is 1. The van der Waals surface area contributed by atoms with Gasteiger partial charge in [0.2, 0.25) is 0 Å². The number of ketones is 1. The summed E-state index contributed by atoms with van der Waals surface area (Å²) in [5, 5.41) is 18.2. The Morgan fingerprint density at radius 3 is 2.52 bits per heavy atom. The molecule has 0 radical (unpaired) electrons. The fraction of sp³-hybridized carbons (Fsp3) is 0.414. The van der Waals surface area contributed by atoms with E-state index in [0.717, 1.165) is 37.3 Å². The Morgan fingerprint density at radius 2 is 1.82 bits per heavy atom. The van der Waals surface area contributed by atoms with Gasteiger partial charge in [-0.2, -0.15) is 5.10 Å². The Hall–Kier alpha value is -4.09. The second-order valence-corrected chi connectivity index (χ2v) is 11.0. The van der Waals surface area contributed by atoms with Gasteiger partial charge in [-0.25, -0.2) is 4.98 Å². The highest BCUT2D eigenvalue weighted by molar-refractivity contribution is 6.24. The van der Waals surface area contributed by atoms with Gasteiger partial charge in [0.1, 0.15) is 5.82 Å². The maximum absolute atomic E-state index is 13.3. The third-order valence-electron chi connectivity index (χ3n) is 7.96. The van der Waals surface area contributed by atoms with E-state index in [4.69, 9.17) is 0 Å². The molecule has 0 bridgehead atoms. The summed E-state index contributed by atoms with van der Waals surface area (Å²) in [6.45, 7) is 6.06. The lowest BCUT2D eigenvalue weighted by Crippen LogP contribution is -2.46. The lowest BCUT2D eigenvalue weighted by molar-refractivity contribution is -0.113. The minimum Gasteiger partial charge on any atom is -0.389 e. The van der Waals surface area contributed by atoms with Gasteiger partial charge in [0.15, 0.2) is 5.78 Å². The molecule has 1 fully saturated rings. The Labute approximate surface area is 231 Å². The number of aryl methyl sites for hydroxylation is 2. The Balaban J connectivity index is 1.25. The van der Waals surface area contributed by atoms with Gasteiger partial charge in [-0.15, -0.1) is 0 Å². The lowest BCUT2D eigenvalue weighted by Gasteiger charge is -2.33. The molecule has 2 aromatic heterocycles. The second kappa shape index (κ2) is 10.1. The maximum Gasteiger partial charge on any atom is 0.261 e. The number of carbonyl (C=O) groups excluding carboxylic acids is 3.